The Labute approximate surface area is 94.6 Å². The maximum Gasteiger partial charge on any atom is 0.308 e. The van der Waals surface area contributed by atoms with Gasteiger partial charge in [0.05, 0.1) is 18.7 Å². The Hall–Kier alpha value is -1.29. The third kappa shape index (κ3) is 2.64. The molecule has 4 heteroatoms. The Bertz CT molecular complexity index is 334. The van der Waals surface area contributed by atoms with E-state index in [1.54, 1.807) is 6.26 Å². The zero-order chi connectivity index (χ0) is 11.4. The van der Waals surface area contributed by atoms with Gasteiger partial charge in [-0.05, 0) is 25.0 Å². The fraction of sp³-hybridized carbons (Fsp3) is 0.583. The van der Waals surface area contributed by atoms with Gasteiger partial charge in [-0.3, -0.25) is 4.79 Å². The highest BCUT2D eigenvalue weighted by Gasteiger charge is 2.30. The highest BCUT2D eigenvalue weighted by molar-refractivity contribution is 5.71. The van der Waals surface area contributed by atoms with Crippen LogP contribution in [0.3, 0.4) is 0 Å². The number of aliphatic carboxylic acids is 1. The molecule has 0 amide bonds. The molecule has 2 rings (SSSR count). The van der Waals surface area contributed by atoms with E-state index in [-0.39, 0.29) is 12.0 Å². The van der Waals surface area contributed by atoms with Crippen LogP contribution < -0.4 is 5.32 Å². The first-order valence-corrected chi connectivity index (χ1v) is 5.76. The van der Waals surface area contributed by atoms with Crippen molar-refractivity contribution >= 4 is 5.97 Å². The van der Waals surface area contributed by atoms with E-state index in [0.717, 1.165) is 31.4 Å². The number of rotatable bonds is 4. The first-order valence-electron chi connectivity index (χ1n) is 5.76. The van der Waals surface area contributed by atoms with E-state index in [1.807, 2.05) is 12.1 Å². The lowest BCUT2D eigenvalue weighted by atomic mass is 9.84. The third-order valence-corrected chi connectivity index (χ3v) is 3.20. The molecule has 1 aliphatic rings. The highest BCUT2D eigenvalue weighted by atomic mass is 16.4. The van der Waals surface area contributed by atoms with Gasteiger partial charge < -0.3 is 14.8 Å². The average molecular weight is 223 g/mol. The van der Waals surface area contributed by atoms with E-state index in [2.05, 4.69) is 5.32 Å². The summed E-state index contributed by atoms with van der Waals surface area (Å²) < 4.78 is 5.21. The molecule has 0 bridgehead atoms. The summed E-state index contributed by atoms with van der Waals surface area (Å²) in [6.45, 7) is 0.613. The van der Waals surface area contributed by atoms with Gasteiger partial charge in [-0.15, -0.1) is 0 Å². The fourth-order valence-electron chi connectivity index (χ4n) is 2.32. The number of carbonyl (C=O) groups is 1. The third-order valence-electron chi connectivity index (χ3n) is 3.20. The topological polar surface area (TPSA) is 62.5 Å². The van der Waals surface area contributed by atoms with Crippen LogP contribution in [-0.4, -0.2) is 17.1 Å². The normalized spacial score (nSPS) is 25.5. The predicted molar refractivity (Wildman–Crippen MR) is 58.9 cm³/mol. The first kappa shape index (κ1) is 11.2. The molecule has 2 N–H and O–H groups in total. The summed E-state index contributed by atoms with van der Waals surface area (Å²) in [6.07, 6.45) is 5.49. The molecule has 1 fully saturated rings. The molecular weight excluding hydrogens is 206 g/mol. The van der Waals surface area contributed by atoms with Crippen molar-refractivity contribution in [2.24, 2.45) is 5.92 Å². The molecule has 1 aliphatic carbocycles. The van der Waals surface area contributed by atoms with Crippen LogP contribution in [0.15, 0.2) is 22.8 Å². The zero-order valence-electron chi connectivity index (χ0n) is 9.19. The smallest absolute Gasteiger partial charge is 0.308 e. The molecule has 0 aliphatic heterocycles. The van der Waals surface area contributed by atoms with Crippen LogP contribution in [-0.2, 0) is 11.3 Å². The molecule has 1 heterocycles. The van der Waals surface area contributed by atoms with Crippen molar-refractivity contribution in [1.29, 1.82) is 0 Å². The summed E-state index contributed by atoms with van der Waals surface area (Å²) in [5, 5.41) is 12.4. The predicted octanol–water partition coefficient (Wildman–Crippen LogP) is 2.01. The van der Waals surface area contributed by atoms with Crippen molar-refractivity contribution < 1.29 is 14.3 Å². The van der Waals surface area contributed by atoms with Crippen molar-refractivity contribution in [1.82, 2.24) is 5.32 Å². The minimum Gasteiger partial charge on any atom is -0.481 e. The second-order valence-corrected chi connectivity index (χ2v) is 4.30. The lowest BCUT2D eigenvalue weighted by Crippen LogP contribution is -2.41. The molecule has 2 atom stereocenters. The summed E-state index contributed by atoms with van der Waals surface area (Å²) in [4.78, 5) is 11.1. The van der Waals surface area contributed by atoms with Gasteiger partial charge in [-0.1, -0.05) is 12.8 Å². The minimum absolute atomic E-state index is 0.0800. The number of hydrogen-bond acceptors (Lipinski definition) is 3. The Kier molecular flexibility index (Phi) is 3.62. The van der Waals surface area contributed by atoms with Crippen molar-refractivity contribution in [2.75, 3.05) is 0 Å². The van der Waals surface area contributed by atoms with Gasteiger partial charge in [0.15, 0.2) is 0 Å². The van der Waals surface area contributed by atoms with E-state index < -0.39 is 5.97 Å². The Balaban J connectivity index is 1.89. The number of carboxylic acids is 1. The van der Waals surface area contributed by atoms with E-state index in [9.17, 15) is 4.79 Å². The number of hydrogen-bond donors (Lipinski definition) is 2. The average Bonchev–Trinajstić information content (AvgIpc) is 2.79. The maximum atomic E-state index is 11.1. The molecule has 0 spiro atoms. The molecule has 1 saturated carbocycles. The van der Waals surface area contributed by atoms with Gasteiger partial charge in [-0.25, -0.2) is 0 Å². The van der Waals surface area contributed by atoms with Crippen molar-refractivity contribution in [3.8, 4) is 0 Å². The zero-order valence-corrected chi connectivity index (χ0v) is 9.19. The lowest BCUT2D eigenvalue weighted by molar-refractivity contribution is -0.143. The van der Waals surface area contributed by atoms with Gasteiger partial charge in [0.1, 0.15) is 5.76 Å². The van der Waals surface area contributed by atoms with Crippen LogP contribution in [0.25, 0.3) is 0 Å². The van der Waals surface area contributed by atoms with E-state index in [1.165, 1.54) is 0 Å². The van der Waals surface area contributed by atoms with Crippen LogP contribution in [0.5, 0.6) is 0 Å². The summed E-state index contributed by atoms with van der Waals surface area (Å²) in [7, 11) is 0. The molecule has 1 aromatic heterocycles. The molecule has 0 radical (unpaired) electrons. The molecule has 88 valence electrons. The number of nitrogens with one attached hydrogen (secondary N) is 1. The highest BCUT2D eigenvalue weighted by Crippen LogP contribution is 2.24. The van der Waals surface area contributed by atoms with Gasteiger partial charge in [0.25, 0.3) is 0 Å². The van der Waals surface area contributed by atoms with Crippen LogP contribution in [0.2, 0.25) is 0 Å². The fourth-order valence-corrected chi connectivity index (χ4v) is 2.32. The quantitative estimate of drug-likeness (QED) is 0.819. The van der Waals surface area contributed by atoms with E-state index in [4.69, 9.17) is 9.52 Å². The second-order valence-electron chi connectivity index (χ2n) is 4.30. The Morgan fingerprint density at radius 2 is 2.31 bits per heavy atom. The van der Waals surface area contributed by atoms with Crippen LogP contribution >= 0.6 is 0 Å². The second kappa shape index (κ2) is 5.16. The number of carboxylic acid groups (broad SMARTS) is 1. The summed E-state index contributed by atoms with van der Waals surface area (Å²) in [5.74, 6) is -0.0740. The van der Waals surface area contributed by atoms with Gasteiger partial charge in [0, 0.05) is 6.04 Å². The number of furan rings is 1. The molecule has 4 nitrogen and oxygen atoms in total. The molecule has 0 unspecified atom stereocenters. The van der Waals surface area contributed by atoms with Crippen molar-refractivity contribution in [2.45, 2.75) is 38.3 Å². The van der Waals surface area contributed by atoms with Gasteiger partial charge >= 0.3 is 5.97 Å². The van der Waals surface area contributed by atoms with Crippen LogP contribution in [0.4, 0.5) is 0 Å². The minimum atomic E-state index is -0.684. The summed E-state index contributed by atoms with van der Waals surface area (Å²) >= 11 is 0. The molecule has 1 aromatic rings. The summed E-state index contributed by atoms with van der Waals surface area (Å²) in [5.41, 5.74) is 0. The molecule has 16 heavy (non-hydrogen) atoms. The molecule has 0 saturated heterocycles. The van der Waals surface area contributed by atoms with Crippen molar-refractivity contribution in [3.63, 3.8) is 0 Å². The van der Waals surface area contributed by atoms with Gasteiger partial charge in [-0.2, -0.15) is 0 Å². The molecular formula is C12H17NO3. The van der Waals surface area contributed by atoms with Crippen LogP contribution in [0.1, 0.15) is 31.4 Å². The Morgan fingerprint density at radius 3 is 3.00 bits per heavy atom. The Morgan fingerprint density at radius 1 is 1.50 bits per heavy atom. The maximum absolute atomic E-state index is 11.1. The lowest BCUT2D eigenvalue weighted by Gasteiger charge is -2.29. The largest absolute Gasteiger partial charge is 0.481 e. The monoisotopic (exact) mass is 223 g/mol. The van der Waals surface area contributed by atoms with Gasteiger partial charge in [0.2, 0.25) is 0 Å². The first-order chi connectivity index (χ1) is 7.77. The van der Waals surface area contributed by atoms with E-state index in [0.29, 0.717) is 6.54 Å². The molecule has 0 aromatic carbocycles. The SMILES string of the molecule is O=C(O)[C@H]1CCCC[C@H]1NCc1ccco1. The van der Waals surface area contributed by atoms with Crippen molar-refractivity contribution in [3.05, 3.63) is 24.2 Å². The summed E-state index contributed by atoms with van der Waals surface area (Å²) in [6, 6.07) is 3.81. The standard InChI is InChI=1S/C12H17NO3/c14-12(15)10-5-1-2-6-11(10)13-8-9-4-3-7-16-9/h3-4,7,10-11,13H,1-2,5-6,8H2,(H,14,15)/t10-,11+/m0/s1. The van der Waals surface area contributed by atoms with E-state index >= 15 is 0 Å². The van der Waals surface area contributed by atoms with Crippen LogP contribution in [0, 0.1) is 5.92 Å².